The molecule has 1 aliphatic heterocycles. The number of hydrogen-bond donors (Lipinski definition) is 0. The zero-order valence-corrected chi connectivity index (χ0v) is 16.7. The lowest BCUT2D eigenvalue weighted by Gasteiger charge is -2.12. The Bertz CT molecular complexity index is 854. The van der Waals surface area contributed by atoms with Gasteiger partial charge < -0.3 is 0 Å². The molecule has 122 valence electrons. The van der Waals surface area contributed by atoms with Crippen LogP contribution in [0.3, 0.4) is 0 Å². The molecule has 3 nitrogen and oxygen atoms in total. The molecular weight excluding hydrogens is 508 g/mol. The number of carbonyl (C=O) groups excluding carboxylic acids is 2. The Balaban J connectivity index is 1.81. The third-order valence-electron chi connectivity index (χ3n) is 3.37. The summed E-state index contributed by atoms with van der Waals surface area (Å²) in [5, 5.41) is -0.300. The van der Waals surface area contributed by atoms with Crippen LogP contribution >= 0.6 is 50.3 Å². The summed E-state index contributed by atoms with van der Waals surface area (Å²) in [6, 6.07) is 12.1. The van der Waals surface area contributed by atoms with Gasteiger partial charge in [-0.3, -0.25) is 14.5 Å². The smallest absolute Gasteiger partial charge is 0.268 e. The zero-order valence-electron chi connectivity index (χ0n) is 12.1. The number of thioether (sulfide) groups is 1. The van der Waals surface area contributed by atoms with Gasteiger partial charge in [0.15, 0.2) is 0 Å². The number of amides is 2. The van der Waals surface area contributed by atoms with Crippen molar-refractivity contribution in [2.24, 2.45) is 0 Å². The fourth-order valence-corrected chi connectivity index (χ4v) is 3.76. The Hall–Kier alpha value is -1.19. The van der Waals surface area contributed by atoms with E-state index in [-0.39, 0.29) is 23.5 Å². The first-order valence-electron chi connectivity index (χ1n) is 6.89. The van der Waals surface area contributed by atoms with Gasteiger partial charge >= 0.3 is 0 Å². The van der Waals surface area contributed by atoms with Crippen LogP contribution in [0.1, 0.15) is 11.1 Å². The van der Waals surface area contributed by atoms with Crippen LogP contribution < -0.4 is 0 Å². The number of rotatable bonds is 3. The largest absolute Gasteiger partial charge is 0.293 e. The topological polar surface area (TPSA) is 37.4 Å². The number of imide groups is 1. The summed E-state index contributed by atoms with van der Waals surface area (Å²) in [7, 11) is 0. The highest BCUT2D eigenvalue weighted by molar-refractivity contribution is 14.1. The van der Waals surface area contributed by atoms with Crippen LogP contribution in [0, 0.1) is 9.39 Å². The first-order chi connectivity index (χ1) is 11.4. The number of hydrogen-bond acceptors (Lipinski definition) is 3. The SMILES string of the molecule is O=C1S/C(=C\c2ccc(F)c(Br)c2)C(=O)N1Cc1ccc(I)cc1. The van der Waals surface area contributed by atoms with Crippen LogP contribution in [0.4, 0.5) is 9.18 Å². The molecule has 0 saturated carbocycles. The Kier molecular flexibility index (Phi) is 5.41. The van der Waals surface area contributed by atoms with Gasteiger partial charge in [-0.2, -0.15) is 0 Å². The molecule has 1 aliphatic rings. The lowest BCUT2D eigenvalue weighted by molar-refractivity contribution is -0.123. The summed E-state index contributed by atoms with van der Waals surface area (Å²) in [5.41, 5.74) is 1.55. The first kappa shape index (κ1) is 17.6. The minimum absolute atomic E-state index is 0.242. The minimum Gasteiger partial charge on any atom is -0.268 e. The summed E-state index contributed by atoms with van der Waals surface area (Å²) in [6.07, 6.45) is 1.60. The van der Waals surface area contributed by atoms with E-state index in [4.69, 9.17) is 0 Å². The molecule has 0 aromatic heterocycles. The second kappa shape index (κ2) is 7.37. The third-order valence-corrected chi connectivity index (χ3v) is 5.60. The molecule has 1 heterocycles. The van der Waals surface area contributed by atoms with Crippen molar-refractivity contribution >= 4 is 67.5 Å². The second-order valence-corrected chi connectivity index (χ2v) is 8.16. The van der Waals surface area contributed by atoms with E-state index in [1.807, 2.05) is 24.3 Å². The molecule has 7 heteroatoms. The predicted molar refractivity (Wildman–Crippen MR) is 105 cm³/mol. The van der Waals surface area contributed by atoms with E-state index in [1.54, 1.807) is 18.2 Å². The summed E-state index contributed by atoms with van der Waals surface area (Å²) in [5.74, 6) is -0.706. The molecule has 0 bridgehead atoms. The number of nitrogens with zero attached hydrogens (tertiary/aromatic N) is 1. The number of carbonyl (C=O) groups is 2. The van der Waals surface area contributed by atoms with E-state index in [1.165, 1.54) is 11.0 Å². The molecule has 0 radical (unpaired) electrons. The van der Waals surface area contributed by atoms with Crippen molar-refractivity contribution in [3.8, 4) is 0 Å². The van der Waals surface area contributed by atoms with Gasteiger partial charge in [0.25, 0.3) is 11.1 Å². The lowest BCUT2D eigenvalue weighted by Crippen LogP contribution is -2.27. The maximum absolute atomic E-state index is 13.3. The van der Waals surface area contributed by atoms with Gasteiger partial charge in [-0.15, -0.1) is 0 Å². The van der Waals surface area contributed by atoms with Crippen molar-refractivity contribution in [1.82, 2.24) is 4.90 Å². The van der Waals surface area contributed by atoms with Crippen molar-refractivity contribution < 1.29 is 14.0 Å². The maximum atomic E-state index is 13.3. The summed E-state index contributed by atoms with van der Waals surface area (Å²) in [4.78, 5) is 26.2. The van der Waals surface area contributed by atoms with Gasteiger partial charge in [0, 0.05) is 3.57 Å². The van der Waals surface area contributed by atoms with E-state index in [0.29, 0.717) is 14.9 Å². The van der Waals surface area contributed by atoms with Crippen LogP contribution in [0.15, 0.2) is 51.8 Å². The van der Waals surface area contributed by atoms with Crippen molar-refractivity contribution in [2.75, 3.05) is 0 Å². The van der Waals surface area contributed by atoms with Gasteiger partial charge in [-0.1, -0.05) is 18.2 Å². The highest BCUT2D eigenvalue weighted by atomic mass is 127. The van der Waals surface area contributed by atoms with E-state index in [9.17, 15) is 14.0 Å². The van der Waals surface area contributed by atoms with Crippen LogP contribution in [-0.4, -0.2) is 16.0 Å². The maximum Gasteiger partial charge on any atom is 0.293 e. The van der Waals surface area contributed by atoms with Crippen LogP contribution in [-0.2, 0) is 11.3 Å². The van der Waals surface area contributed by atoms with E-state index < -0.39 is 0 Å². The summed E-state index contributed by atoms with van der Waals surface area (Å²) in [6.45, 7) is 0.242. The van der Waals surface area contributed by atoms with Crippen LogP contribution in [0.5, 0.6) is 0 Å². The van der Waals surface area contributed by atoms with E-state index >= 15 is 0 Å². The van der Waals surface area contributed by atoms with Crippen molar-refractivity contribution in [1.29, 1.82) is 0 Å². The fourth-order valence-electron chi connectivity index (χ4n) is 2.16. The first-order valence-corrected chi connectivity index (χ1v) is 9.58. The van der Waals surface area contributed by atoms with Crippen molar-refractivity contribution in [3.05, 3.63) is 72.4 Å². The Morgan fingerprint density at radius 3 is 2.54 bits per heavy atom. The van der Waals surface area contributed by atoms with Gasteiger partial charge in [0.05, 0.1) is 15.9 Å². The van der Waals surface area contributed by atoms with E-state index in [2.05, 4.69) is 38.5 Å². The third kappa shape index (κ3) is 3.89. The van der Waals surface area contributed by atoms with Crippen molar-refractivity contribution in [2.45, 2.75) is 6.54 Å². The fraction of sp³-hybridized carbons (Fsp3) is 0.0588. The van der Waals surface area contributed by atoms with Gasteiger partial charge in [-0.25, -0.2) is 4.39 Å². The molecule has 1 fully saturated rings. The summed E-state index contributed by atoms with van der Waals surface area (Å²) >= 11 is 6.21. The molecule has 2 aromatic rings. The van der Waals surface area contributed by atoms with Crippen molar-refractivity contribution in [3.63, 3.8) is 0 Å². The van der Waals surface area contributed by atoms with Gasteiger partial charge in [-0.05, 0) is 91.8 Å². The van der Waals surface area contributed by atoms with Crippen LogP contribution in [0.25, 0.3) is 6.08 Å². The standard InChI is InChI=1S/C17H10BrFINO2S/c18-13-7-11(3-6-14(13)19)8-15-16(22)21(17(23)24-15)9-10-1-4-12(20)5-2-10/h1-8H,9H2/b15-8-. The molecule has 0 spiro atoms. The Labute approximate surface area is 164 Å². The van der Waals surface area contributed by atoms with Gasteiger partial charge in [0.1, 0.15) is 5.82 Å². The average molecular weight is 518 g/mol. The zero-order chi connectivity index (χ0) is 17.3. The van der Waals surface area contributed by atoms with E-state index in [0.717, 1.165) is 20.9 Å². The Morgan fingerprint density at radius 1 is 1.17 bits per heavy atom. The monoisotopic (exact) mass is 517 g/mol. The Morgan fingerprint density at radius 2 is 1.88 bits per heavy atom. The lowest BCUT2D eigenvalue weighted by atomic mass is 10.2. The molecule has 0 aliphatic carbocycles. The number of halogens is 3. The number of benzene rings is 2. The molecule has 0 unspecified atom stereocenters. The highest BCUT2D eigenvalue weighted by Crippen LogP contribution is 2.33. The minimum atomic E-state index is -0.376. The van der Waals surface area contributed by atoms with Gasteiger partial charge in [0.2, 0.25) is 0 Å². The predicted octanol–water partition coefficient (Wildman–Crippen LogP) is 5.43. The van der Waals surface area contributed by atoms with Crippen LogP contribution in [0.2, 0.25) is 0 Å². The molecular formula is C17H10BrFINO2S. The summed E-state index contributed by atoms with van der Waals surface area (Å²) < 4.78 is 14.7. The normalized spacial score (nSPS) is 16.3. The molecule has 1 saturated heterocycles. The highest BCUT2D eigenvalue weighted by Gasteiger charge is 2.34. The average Bonchev–Trinajstić information content (AvgIpc) is 2.80. The molecule has 2 aromatic carbocycles. The quantitative estimate of drug-likeness (QED) is 0.402. The molecule has 0 atom stereocenters. The molecule has 0 N–H and O–H groups in total. The molecule has 24 heavy (non-hydrogen) atoms. The second-order valence-electron chi connectivity index (χ2n) is 5.07. The molecule has 3 rings (SSSR count). The molecule has 2 amide bonds.